The van der Waals surface area contributed by atoms with Gasteiger partial charge in [-0.1, -0.05) is 25.0 Å². The summed E-state index contributed by atoms with van der Waals surface area (Å²) in [6.45, 7) is 0. The Kier molecular flexibility index (Phi) is 6.00. The molecule has 1 aromatic carbocycles. The van der Waals surface area contributed by atoms with Crippen molar-refractivity contribution >= 4 is 12.3 Å². The van der Waals surface area contributed by atoms with Gasteiger partial charge in [-0.2, -0.15) is 0 Å². The predicted octanol–water partition coefficient (Wildman–Crippen LogP) is 3.08. The average molecular weight is 234 g/mol. The van der Waals surface area contributed by atoms with Gasteiger partial charge in [0, 0.05) is 6.42 Å². The molecule has 0 aliphatic carbocycles. The molecule has 0 unspecified atom stereocenters. The molecule has 0 spiro atoms. The quantitative estimate of drug-likeness (QED) is 0.555. The van der Waals surface area contributed by atoms with E-state index < -0.39 is 5.97 Å². The van der Waals surface area contributed by atoms with Crippen molar-refractivity contribution in [1.82, 2.24) is 0 Å². The number of aldehydes is 1. The third kappa shape index (κ3) is 5.29. The second-order valence-corrected chi connectivity index (χ2v) is 4.12. The monoisotopic (exact) mass is 234 g/mol. The fourth-order valence-electron chi connectivity index (χ4n) is 1.72. The maximum atomic E-state index is 10.6. The molecule has 92 valence electrons. The molecule has 0 amide bonds. The number of rotatable bonds is 8. The molecule has 3 heteroatoms. The smallest absolute Gasteiger partial charge is 0.335 e. The van der Waals surface area contributed by atoms with Crippen molar-refractivity contribution in [2.24, 2.45) is 0 Å². The molecule has 0 aliphatic heterocycles. The minimum atomic E-state index is -0.884. The first-order valence-corrected chi connectivity index (χ1v) is 6.00. The molecule has 3 nitrogen and oxygen atoms in total. The molecule has 1 aromatic rings. The van der Waals surface area contributed by atoms with E-state index in [1.165, 1.54) is 5.56 Å². The number of hydrogen-bond donors (Lipinski definition) is 1. The first-order chi connectivity index (χ1) is 8.24. The highest BCUT2D eigenvalue weighted by molar-refractivity contribution is 5.87. The van der Waals surface area contributed by atoms with E-state index in [1.807, 2.05) is 12.1 Å². The topological polar surface area (TPSA) is 54.4 Å². The van der Waals surface area contributed by atoms with Gasteiger partial charge in [0.1, 0.15) is 6.29 Å². The normalized spacial score (nSPS) is 10.1. The second-order valence-electron chi connectivity index (χ2n) is 4.12. The van der Waals surface area contributed by atoms with Crippen molar-refractivity contribution < 1.29 is 14.7 Å². The minimum Gasteiger partial charge on any atom is -0.478 e. The number of carbonyl (C=O) groups is 2. The van der Waals surface area contributed by atoms with Gasteiger partial charge in [0.2, 0.25) is 0 Å². The molecular weight excluding hydrogens is 216 g/mol. The molecule has 17 heavy (non-hydrogen) atoms. The van der Waals surface area contributed by atoms with Crippen LogP contribution in [0.4, 0.5) is 0 Å². The Morgan fingerprint density at radius 1 is 1.06 bits per heavy atom. The fourth-order valence-corrected chi connectivity index (χ4v) is 1.72. The zero-order valence-corrected chi connectivity index (χ0v) is 9.89. The summed E-state index contributed by atoms with van der Waals surface area (Å²) in [5.74, 6) is -0.884. The molecule has 0 atom stereocenters. The maximum absolute atomic E-state index is 10.6. The van der Waals surface area contributed by atoms with Crippen LogP contribution in [0.3, 0.4) is 0 Å². The minimum absolute atomic E-state index is 0.333. The lowest BCUT2D eigenvalue weighted by Crippen LogP contribution is -1.96. The molecule has 0 aromatic heterocycles. The van der Waals surface area contributed by atoms with Crippen LogP contribution in [0.25, 0.3) is 0 Å². The van der Waals surface area contributed by atoms with E-state index in [9.17, 15) is 9.59 Å². The Labute approximate surface area is 101 Å². The van der Waals surface area contributed by atoms with Gasteiger partial charge in [0.05, 0.1) is 5.56 Å². The summed E-state index contributed by atoms with van der Waals surface area (Å²) in [6, 6.07) is 7.03. The number of unbranched alkanes of at least 4 members (excludes halogenated alkanes) is 4. The number of benzene rings is 1. The summed E-state index contributed by atoms with van der Waals surface area (Å²) in [5, 5.41) is 8.74. The first kappa shape index (κ1) is 13.4. The van der Waals surface area contributed by atoms with E-state index in [0.29, 0.717) is 12.0 Å². The van der Waals surface area contributed by atoms with Crippen molar-refractivity contribution in [3.63, 3.8) is 0 Å². The van der Waals surface area contributed by atoms with Crippen LogP contribution in [0.5, 0.6) is 0 Å². The number of carbonyl (C=O) groups excluding carboxylic acids is 1. The van der Waals surface area contributed by atoms with Crippen LogP contribution in [-0.4, -0.2) is 17.4 Å². The van der Waals surface area contributed by atoms with Gasteiger partial charge >= 0.3 is 5.97 Å². The number of aryl methyl sites for hydroxylation is 1. The lowest BCUT2D eigenvalue weighted by atomic mass is 10.0. The molecule has 0 heterocycles. The van der Waals surface area contributed by atoms with Crippen molar-refractivity contribution in [2.45, 2.75) is 38.5 Å². The highest BCUT2D eigenvalue weighted by atomic mass is 16.4. The van der Waals surface area contributed by atoms with Gasteiger partial charge in [0.25, 0.3) is 0 Å². The molecule has 0 saturated heterocycles. The Balaban J connectivity index is 2.23. The maximum Gasteiger partial charge on any atom is 0.335 e. The van der Waals surface area contributed by atoms with Gasteiger partial charge in [-0.25, -0.2) is 4.79 Å². The molecule has 0 aliphatic rings. The fraction of sp³-hybridized carbons (Fsp3) is 0.429. The van der Waals surface area contributed by atoms with Crippen LogP contribution in [0.1, 0.15) is 48.0 Å². The van der Waals surface area contributed by atoms with E-state index in [-0.39, 0.29) is 0 Å². The lowest BCUT2D eigenvalue weighted by molar-refractivity contribution is -0.107. The molecule has 0 bridgehead atoms. The van der Waals surface area contributed by atoms with Crippen molar-refractivity contribution in [3.8, 4) is 0 Å². The summed E-state index contributed by atoms with van der Waals surface area (Å²) in [5.41, 5.74) is 1.50. The summed E-state index contributed by atoms with van der Waals surface area (Å²) in [7, 11) is 0. The Morgan fingerprint density at radius 3 is 2.29 bits per heavy atom. The van der Waals surface area contributed by atoms with Gasteiger partial charge in [0.15, 0.2) is 0 Å². The second kappa shape index (κ2) is 7.60. The van der Waals surface area contributed by atoms with E-state index in [1.54, 1.807) is 12.1 Å². The van der Waals surface area contributed by atoms with Crippen LogP contribution in [0.2, 0.25) is 0 Å². The summed E-state index contributed by atoms with van der Waals surface area (Å²) in [4.78, 5) is 20.7. The number of aromatic carboxylic acids is 1. The van der Waals surface area contributed by atoms with Crippen molar-refractivity contribution in [2.75, 3.05) is 0 Å². The highest BCUT2D eigenvalue weighted by Gasteiger charge is 2.01. The first-order valence-electron chi connectivity index (χ1n) is 6.00. The third-order valence-electron chi connectivity index (χ3n) is 2.74. The lowest BCUT2D eigenvalue weighted by Gasteiger charge is -2.02. The van der Waals surface area contributed by atoms with Gasteiger partial charge in [-0.05, 0) is 37.0 Å². The molecule has 1 rings (SSSR count). The summed E-state index contributed by atoms with van der Waals surface area (Å²) in [6.07, 6.45) is 6.87. The largest absolute Gasteiger partial charge is 0.478 e. The predicted molar refractivity (Wildman–Crippen MR) is 66.3 cm³/mol. The van der Waals surface area contributed by atoms with Crippen LogP contribution in [0.15, 0.2) is 24.3 Å². The Hall–Kier alpha value is -1.64. The number of carboxylic acids is 1. The standard InChI is InChI=1S/C14H18O3/c15-11-5-3-1-2-4-6-12-7-9-13(10-8-12)14(16)17/h7-11H,1-6H2,(H,16,17). The molecular formula is C14H18O3. The van der Waals surface area contributed by atoms with Crippen molar-refractivity contribution in [1.29, 1.82) is 0 Å². The number of hydrogen-bond acceptors (Lipinski definition) is 2. The summed E-state index contributed by atoms with van der Waals surface area (Å²) < 4.78 is 0. The van der Waals surface area contributed by atoms with Gasteiger partial charge in [-0.3, -0.25) is 0 Å². The van der Waals surface area contributed by atoms with Gasteiger partial charge < -0.3 is 9.90 Å². The van der Waals surface area contributed by atoms with E-state index in [2.05, 4.69) is 0 Å². The van der Waals surface area contributed by atoms with Crippen molar-refractivity contribution in [3.05, 3.63) is 35.4 Å². The van der Waals surface area contributed by atoms with Crippen LogP contribution < -0.4 is 0 Å². The van der Waals surface area contributed by atoms with E-state index >= 15 is 0 Å². The molecule has 1 N–H and O–H groups in total. The summed E-state index contributed by atoms with van der Waals surface area (Å²) >= 11 is 0. The Bertz CT molecular complexity index is 354. The van der Waals surface area contributed by atoms with Crippen LogP contribution >= 0.6 is 0 Å². The van der Waals surface area contributed by atoms with Crippen LogP contribution in [0, 0.1) is 0 Å². The van der Waals surface area contributed by atoms with Crippen LogP contribution in [-0.2, 0) is 11.2 Å². The Morgan fingerprint density at radius 2 is 1.71 bits per heavy atom. The SMILES string of the molecule is O=CCCCCCCc1ccc(C(=O)O)cc1. The third-order valence-corrected chi connectivity index (χ3v) is 2.74. The molecule has 0 radical (unpaired) electrons. The molecule has 0 fully saturated rings. The van der Waals surface area contributed by atoms with E-state index in [4.69, 9.17) is 5.11 Å². The van der Waals surface area contributed by atoms with Gasteiger partial charge in [-0.15, -0.1) is 0 Å². The number of carboxylic acid groups (broad SMARTS) is 1. The van der Waals surface area contributed by atoms with E-state index in [0.717, 1.165) is 38.4 Å². The molecule has 0 saturated carbocycles. The zero-order chi connectivity index (χ0) is 12.5. The zero-order valence-electron chi connectivity index (χ0n) is 9.89. The average Bonchev–Trinajstić information content (AvgIpc) is 2.34. The highest BCUT2D eigenvalue weighted by Crippen LogP contribution is 2.10.